The van der Waals surface area contributed by atoms with Gasteiger partial charge in [-0.2, -0.15) is 0 Å². The van der Waals surface area contributed by atoms with Crippen molar-refractivity contribution in [1.29, 1.82) is 0 Å². The predicted octanol–water partition coefficient (Wildman–Crippen LogP) is 6.90. The Morgan fingerprint density at radius 2 is 1.38 bits per heavy atom. The monoisotopic (exact) mass is 651 g/mol. The Hall–Kier alpha value is -4.43. The number of hydrogen-bond donors (Lipinski definition) is 1. The van der Waals surface area contributed by atoms with Gasteiger partial charge in [0.2, 0.25) is 11.8 Å². The zero-order valence-electron chi connectivity index (χ0n) is 27.6. The molecule has 246 valence electrons. The van der Waals surface area contributed by atoms with E-state index in [1.807, 2.05) is 81.4 Å². The Morgan fingerprint density at radius 3 is 2.04 bits per heavy atom. The highest BCUT2D eigenvalue weighted by Crippen LogP contribution is 2.27. The average Bonchev–Trinajstić information content (AvgIpc) is 3.06. The number of anilines is 1. The normalized spacial score (nSPS) is 14.3. The highest BCUT2D eigenvalue weighted by molar-refractivity contribution is 7.92. The first-order valence-electron chi connectivity index (χ1n) is 16.5. The molecule has 0 aromatic heterocycles. The third-order valence-corrected chi connectivity index (χ3v) is 10.6. The van der Waals surface area contributed by atoms with Gasteiger partial charge in [-0.1, -0.05) is 109 Å². The largest absolute Gasteiger partial charge is 0.352 e. The highest BCUT2D eigenvalue weighted by atomic mass is 32.2. The molecule has 0 bridgehead atoms. The number of rotatable bonds is 12. The molecule has 0 aliphatic heterocycles. The van der Waals surface area contributed by atoms with Crippen LogP contribution in [0.1, 0.15) is 59.9 Å². The third kappa shape index (κ3) is 8.89. The van der Waals surface area contributed by atoms with Gasteiger partial charge in [-0.25, -0.2) is 8.42 Å². The topological polar surface area (TPSA) is 86.8 Å². The molecule has 0 heterocycles. The van der Waals surface area contributed by atoms with Crippen LogP contribution in [-0.2, 0) is 32.6 Å². The Bertz CT molecular complexity index is 1770. The third-order valence-electron chi connectivity index (χ3n) is 8.84. The van der Waals surface area contributed by atoms with Crippen molar-refractivity contribution in [2.75, 3.05) is 10.8 Å². The lowest BCUT2D eigenvalue weighted by molar-refractivity contribution is -0.140. The van der Waals surface area contributed by atoms with Crippen LogP contribution in [0.5, 0.6) is 0 Å². The lowest BCUT2D eigenvalue weighted by atomic mass is 9.94. The number of carbonyl (C=O) groups excluding carboxylic acids is 2. The number of benzene rings is 4. The summed E-state index contributed by atoms with van der Waals surface area (Å²) in [4.78, 5) is 30.6. The van der Waals surface area contributed by atoms with Crippen molar-refractivity contribution in [2.45, 2.75) is 82.8 Å². The van der Waals surface area contributed by atoms with Gasteiger partial charge in [0.15, 0.2) is 0 Å². The maximum absolute atomic E-state index is 14.7. The molecule has 2 amide bonds. The van der Waals surface area contributed by atoms with Gasteiger partial charge in [0, 0.05) is 19.0 Å². The summed E-state index contributed by atoms with van der Waals surface area (Å²) in [7, 11) is -4.14. The van der Waals surface area contributed by atoms with Crippen LogP contribution in [0.25, 0.3) is 0 Å². The molecule has 1 fully saturated rings. The molecule has 4 aromatic carbocycles. The molecule has 0 spiro atoms. The average molecular weight is 652 g/mol. The standard InChI is InChI=1S/C39H45N3O4S/c1-29-20-22-36(23-21-29)47(45,46)42(35-19-11-13-31(3)25-35)28-38(43)41(27-33-16-10-12-30(2)24-33)37(26-32-14-6-4-7-15-32)39(44)40-34-17-8-5-9-18-34/h4,6-7,10-16,19-25,34,37H,5,8-9,17-18,26-28H2,1-3H3,(H,40,44)/t37-/m0/s1. The van der Waals surface area contributed by atoms with Gasteiger partial charge in [-0.3, -0.25) is 13.9 Å². The van der Waals surface area contributed by atoms with Crippen LogP contribution in [0.2, 0.25) is 0 Å². The number of nitrogens with zero attached hydrogens (tertiary/aromatic N) is 2. The molecule has 0 unspecified atom stereocenters. The Labute approximate surface area is 279 Å². The SMILES string of the molecule is Cc1ccc(S(=O)(=O)N(CC(=O)N(Cc2cccc(C)c2)[C@@H](Cc2ccccc2)C(=O)NC2CCCCC2)c2cccc(C)c2)cc1. The van der Waals surface area contributed by atoms with E-state index in [2.05, 4.69) is 5.32 Å². The summed E-state index contributed by atoms with van der Waals surface area (Å²) in [5.74, 6) is -0.673. The van der Waals surface area contributed by atoms with Gasteiger partial charge in [0.05, 0.1) is 10.6 Å². The van der Waals surface area contributed by atoms with E-state index in [0.717, 1.165) is 59.9 Å². The van der Waals surface area contributed by atoms with Crippen LogP contribution in [-0.4, -0.2) is 43.8 Å². The molecular formula is C39H45N3O4S. The summed E-state index contributed by atoms with van der Waals surface area (Å²) in [6.07, 6.45) is 5.39. The second-order valence-corrected chi connectivity index (χ2v) is 14.6. The fourth-order valence-electron chi connectivity index (χ4n) is 6.25. The lowest BCUT2D eigenvalue weighted by Crippen LogP contribution is -2.55. The van der Waals surface area contributed by atoms with E-state index in [9.17, 15) is 18.0 Å². The van der Waals surface area contributed by atoms with E-state index in [0.29, 0.717) is 12.1 Å². The van der Waals surface area contributed by atoms with Crippen LogP contribution in [0.4, 0.5) is 5.69 Å². The van der Waals surface area contributed by atoms with Crippen molar-refractivity contribution in [3.63, 3.8) is 0 Å². The minimum absolute atomic E-state index is 0.0520. The smallest absolute Gasteiger partial charge is 0.264 e. The fraction of sp³-hybridized carbons (Fsp3) is 0.333. The summed E-state index contributed by atoms with van der Waals surface area (Å²) in [5.41, 5.74) is 5.00. The molecule has 5 rings (SSSR count). The number of nitrogens with one attached hydrogen (secondary N) is 1. The molecule has 0 saturated heterocycles. The number of amides is 2. The summed E-state index contributed by atoms with van der Waals surface area (Å²) in [6.45, 7) is 5.46. The molecule has 0 radical (unpaired) electrons. The first-order valence-corrected chi connectivity index (χ1v) is 17.9. The summed E-state index contributed by atoms with van der Waals surface area (Å²) in [5, 5.41) is 3.26. The van der Waals surface area contributed by atoms with E-state index in [1.54, 1.807) is 47.4 Å². The molecule has 1 aliphatic rings. The summed E-state index contributed by atoms with van der Waals surface area (Å²) >= 11 is 0. The van der Waals surface area contributed by atoms with Crippen molar-refractivity contribution < 1.29 is 18.0 Å². The van der Waals surface area contributed by atoms with Crippen LogP contribution >= 0.6 is 0 Å². The van der Waals surface area contributed by atoms with E-state index < -0.39 is 28.5 Å². The first kappa shape index (κ1) is 33.9. The van der Waals surface area contributed by atoms with Gasteiger partial charge in [-0.05, 0) is 74.6 Å². The second kappa shape index (κ2) is 15.4. The quantitative estimate of drug-likeness (QED) is 0.181. The molecule has 1 aliphatic carbocycles. The molecule has 1 atom stereocenters. The van der Waals surface area contributed by atoms with Crippen molar-refractivity contribution in [3.8, 4) is 0 Å². The van der Waals surface area contributed by atoms with Gasteiger partial charge in [0.25, 0.3) is 10.0 Å². The first-order chi connectivity index (χ1) is 22.6. The predicted molar refractivity (Wildman–Crippen MR) is 188 cm³/mol. The summed E-state index contributed by atoms with van der Waals surface area (Å²) < 4.78 is 29.7. The number of hydrogen-bond acceptors (Lipinski definition) is 4. The maximum atomic E-state index is 14.7. The molecule has 1 N–H and O–H groups in total. The van der Waals surface area contributed by atoms with Crippen LogP contribution in [0.3, 0.4) is 0 Å². The van der Waals surface area contributed by atoms with Crippen LogP contribution in [0.15, 0.2) is 108 Å². The molecular weight excluding hydrogens is 607 g/mol. The zero-order valence-corrected chi connectivity index (χ0v) is 28.4. The Balaban J connectivity index is 1.56. The highest BCUT2D eigenvalue weighted by Gasteiger charge is 2.35. The van der Waals surface area contributed by atoms with Gasteiger partial charge in [0.1, 0.15) is 12.6 Å². The molecule has 7 nitrogen and oxygen atoms in total. The van der Waals surface area contributed by atoms with Crippen molar-refractivity contribution in [3.05, 3.63) is 131 Å². The zero-order chi connectivity index (χ0) is 33.4. The molecule has 47 heavy (non-hydrogen) atoms. The van der Waals surface area contributed by atoms with Crippen LogP contribution in [0, 0.1) is 20.8 Å². The van der Waals surface area contributed by atoms with E-state index in [-0.39, 0.29) is 23.4 Å². The minimum atomic E-state index is -4.14. The molecule has 1 saturated carbocycles. The number of carbonyl (C=O) groups is 2. The minimum Gasteiger partial charge on any atom is -0.352 e. The lowest BCUT2D eigenvalue weighted by Gasteiger charge is -2.35. The van der Waals surface area contributed by atoms with Gasteiger partial charge < -0.3 is 10.2 Å². The number of sulfonamides is 1. The van der Waals surface area contributed by atoms with Crippen LogP contribution < -0.4 is 9.62 Å². The Kier molecular flexibility index (Phi) is 11.1. The van der Waals surface area contributed by atoms with E-state index in [1.165, 1.54) is 4.31 Å². The Morgan fingerprint density at radius 1 is 0.745 bits per heavy atom. The van der Waals surface area contributed by atoms with Crippen molar-refractivity contribution >= 4 is 27.5 Å². The van der Waals surface area contributed by atoms with Gasteiger partial charge in [-0.15, -0.1) is 0 Å². The molecule has 4 aromatic rings. The second-order valence-electron chi connectivity index (χ2n) is 12.7. The van der Waals surface area contributed by atoms with E-state index in [4.69, 9.17) is 0 Å². The van der Waals surface area contributed by atoms with Crippen molar-refractivity contribution in [2.24, 2.45) is 0 Å². The van der Waals surface area contributed by atoms with Gasteiger partial charge >= 0.3 is 0 Å². The fourth-order valence-corrected chi connectivity index (χ4v) is 7.66. The van der Waals surface area contributed by atoms with Crippen molar-refractivity contribution in [1.82, 2.24) is 10.2 Å². The summed E-state index contributed by atoms with van der Waals surface area (Å²) in [6, 6.07) is 30.5. The number of aryl methyl sites for hydroxylation is 3. The maximum Gasteiger partial charge on any atom is 0.264 e. The van der Waals surface area contributed by atoms with E-state index >= 15 is 0 Å². The molecule has 8 heteroatoms.